The van der Waals surface area contributed by atoms with Gasteiger partial charge in [0.2, 0.25) is 5.91 Å². The molecule has 0 radical (unpaired) electrons. The zero-order valence-corrected chi connectivity index (χ0v) is 10.1. The van der Waals surface area contributed by atoms with Crippen molar-refractivity contribution < 1.29 is 24.4 Å². The van der Waals surface area contributed by atoms with Gasteiger partial charge < -0.3 is 15.2 Å². The van der Waals surface area contributed by atoms with Crippen LogP contribution in [0.25, 0.3) is 0 Å². The van der Waals surface area contributed by atoms with Gasteiger partial charge in [-0.2, -0.15) is 0 Å². The van der Waals surface area contributed by atoms with Crippen LogP contribution in [-0.2, 0) is 14.3 Å². The molecule has 0 aliphatic rings. The maximum atomic E-state index is 11.4. The summed E-state index contributed by atoms with van der Waals surface area (Å²) in [6.07, 6.45) is 0. The topological polar surface area (TPSA) is 119 Å². The van der Waals surface area contributed by atoms with E-state index in [4.69, 9.17) is 5.11 Å². The van der Waals surface area contributed by atoms with E-state index in [2.05, 4.69) is 10.1 Å². The maximum Gasteiger partial charge on any atom is 0.329 e. The number of carbonyl (C=O) groups is 2. The Kier molecular flexibility index (Phi) is 4.95. The fourth-order valence-electron chi connectivity index (χ4n) is 1.32. The smallest absolute Gasteiger partial charge is 0.329 e. The lowest BCUT2D eigenvalue weighted by Crippen LogP contribution is -2.21. The maximum absolute atomic E-state index is 11.4. The van der Waals surface area contributed by atoms with Crippen molar-refractivity contribution in [2.75, 3.05) is 18.5 Å². The van der Waals surface area contributed by atoms with E-state index < -0.39 is 30.0 Å². The molecular formula is C11H12N2O6. The van der Waals surface area contributed by atoms with Crippen LogP contribution in [0.2, 0.25) is 0 Å². The highest BCUT2D eigenvalue weighted by atomic mass is 16.6. The molecule has 0 saturated heterocycles. The Morgan fingerprint density at radius 1 is 1.42 bits per heavy atom. The number of anilines is 1. The van der Waals surface area contributed by atoms with Crippen LogP contribution in [0.1, 0.15) is 5.56 Å². The first-order valence-corrected chi connectivity index (χ1v) is 5.24. The van der Waals surface area contributed by atoms with Crippen LogP contribution < -0.4 is 5.32 Å². The summed E-state index contributed by atoms with van der Waals surface area (Å²) < 4.78 is 4.61. The zero-order chi connectivity index (χ0) is 14.4. The normalized spacial score (nSPS) is 9.95. The number of amides is 1. The van der Waals surface area contributed by atoms with Crippen LogP contribution in [-0.4, -0.2) is 35.1 Å². The Balaban J connectivity index is 2.59. The van der Waals surface area contributed by atoms with Crippen molar-refractivity contribution in [3.8, 4) is 0 Å². The molecule has 0 aliphatic carbocycles. The number of aryl methyl sites for hydroxylation is 1. The van der Waals surface area contributed by atoms with E-state index in [1.807, 2.05) is 0 Å². The molecule has 102 valence electrons. The van der Waals surface area contributed by atoms with Gasteiger partial charge in [-0.05, 0) is 18.6 Å². The molecule has 0 aromatic heterocycles. The van der Waals surface area contributed by atoms with Gasteiger partial charge >= 0.3 is 5.97 Å². The molecule has 0 unspecified atom stereocenters. The Hall–Kier alpha value is -2.48. The summed E-state index contributed by atoms with van der Waals surface area (Å²) in [5, 5.41) is 21.3. The fraction of sp³-hybridized carbons (Fsp3) is 0.273. The number of nitrogens with one attached hydrogen (secondary N) is 1. The number of carboxylic acids is 1. The molecule has 0 spiro atoms. The van der Waals surface area contributed by atoms with E-state index >= 15 is 0 Å². The molecule has 8 nitrogen and oxygen atoms in total. The van der Waals surface area contributed by atoms with Gasteiger partial charge in [0, 0.05) is 17.8 Å². The lowest BCUT2D eigenvalue weighted by Gasteiger charge is -2.08. The summed E-state index contributed by atoms with van der Waals surface area (Å²) in [6.45, 7) is 0.649. The van der Waals surface area contributed by atoms with Crippen molar-refractivity contribution in [3.63, 3.8) is 0 Å². The summed E-state index contributed by atoms with van der Waals surface area (Å²) >= 11 is 0. The number of hydrogen-bond donors (Lipinski definition) is 2. The number of benzene rings is 1. The molecule has 0 aliphatic heterocycles. The van der Waals surface area contributed by atoms with Crippen LogP contribution in [0.5, 0.6) is 0 Å². The van der Waals surface area contributed by atoms with Crippen LogP contribution in [0.15, 0.2) is 18.2 Å². The van der Waals surface area contributed by atoms with Crippen LogP contribution in [0, 0.1) is 17.0 Å². The van der Waals surface area contributed by atoms with Gasteiger partial charge in [-0.1, -0.05) is 0 Å². The Morgan fingerprint density at radius 2 is 2.11 bits per heavy atom. The summed E-state index contributed by atoms with van der Waals surface area (Å²) in [6, 6.07) is 4.00. The molecule has 8 heteroatoms. The van der Waals surface area contributed by atoms with E-state index in [1.165, 1.54) is 18.2 Å². The fourth-order valence-corrected chi connectivity index (χ4v) is 1.32. The minimum absolute atomic E-state index is 0.0716. The highest BCUT2D eigenvalue weighted by molar-refractivity contribution is 5.92. The monoisotopic (exact) mass is 268 g/mol. The van der Waals surface area contributed by atoms with Crippen molar-refractivity contribution in [1.29, 1.82) is 0 Å². The summed E-state index contributed by atoms with van der Waals surface area (Å²) in [7, 11) is 0. The molecule has 2 N–H and O–H groups in total. The van der Waals surface area contributed by atoms with Crippen molar-refractivity contribution in [1.82, 2.24) is 0 Å². The summed E-state index contributed by atoms with van der Waals surface area (Å²) in [4.78, 5) is 31.6. The van der Waals surface area contributed by atoms with Crippen LogP contribution >= 0.6 is 0 Å². The van der Waals surface area contributed by atoms with Crippen molar-refractivity contribution in [2.45, 2.75) is 6.92 Å². The van der Waals surface area contributed by atoms with Gasteiger partial charge in [-0.25, -0.2) is 4.79 Å². The summed E-state index contributed by atoms with van der Waals surface area (Å²) in [5.74, 6) is -1.70. The van der Waals surface area contributed by atoms with E-state index in [0.717, 1.165) is 0 Å². The number of carbonyl (C=O) groups excluding carboxylic acids is 1. The standard InChI is InChI=1S/C11H12N2O6/c1-7-4-8(13(17)18)2-3-9(7)12-10(14)5-19-6-11(15)16/h2-4H,5-6H2,1H3,(H,12,14)(H,15,16). The Bertz CT molecular complexity index is 514. The molecular weight excluding hydrogens is 256 g/mol. The van der Waals surface area contributed by atoms with Crippen molar-refractivity contribution in [2.24, 2.45) is 0 Å². The number of carboxylic acid groups (broad SMARTS) is 1. The first-order chi connectivity index (χ1) is 8.90. The SMILES string of the molecule is Cc1cc([N+](=O)[O-])ccc1NC(=O)COCC(=O)O. The largest absolute Gasteiger partial charge is 0.480 e. The Labute approximate surface area is 108 Å². The highest BCUT2D eigenvalue weighted by Crippen LogP contribution is 2.20. The summed E-state index contributed by atoms with van der Waals surface area (Å²) in [5.41, 5.74) is 0.868. The second-order valence-electron chi connectivity index (χ2n) is 3.69. The molecule has 19 heavy (non-hydrogen) atoms. The van der Waals surface area contributed by atoms with E-state index in [1.54, 1.807) is 6.92 Å². The minimum Gasteiger partial charge on any atom is -0.480 e. The third-order valence-corrected chi connectivity index (χ3v) is 2.15. The van der Waals surface area contributed by atoms with Crippen molar-refractivity contribution in [3.05, 3.63) is 33.9 Å². The quantitative estimate of drug-likeness (QED) is 0.585. The third-order valence-electron chi connectivity index (χ3n) is 2.15. The number of non-ortho nitro benzene ring substituents is 1. The van der Waals surface area contributed by atoms with Crippen LogP contribution in [0.3, 0.4) is 0 Å². The number of aliphatic carboxylic acids is 1. The molecule has 0 fully saturated rings. The molecule has 1 rings (SSSR count). The number of hydrogen-bond acceptors (Lipinski definition) is 5. The van der Waals surface area contributed by atoms with Gasteiger partial charge in [0.1, 0.15) is 13.2 Å². The number of nitro groups is 1. The van der Waals surface area contributed by atoms with Gasteiger partial charge in [0.25, 0.3) is 5.69 Å². The van der Waals surface area contributed by atoms with Gasteiger partial charge in [0.15, 0.2) is 0 Å². The molecule has 0 atom stereocenters. The first kappa shape index (κ1) is 14.6. The lowest BCUT2D eigenvalue weighted by molar-refractivity contribution is -0.384. The lowest BCUT2D eigenvalue weighted by atomic mass is 10.2. The molecule has 0 heterocycles. The highest BCUT2D eigenvalue weighted by Gasteiger charge is 2.10. The van der Waals surface area contributed by atoms with Gasteiger partial charge in [-0.3, -0.25) is 14.9 Å². The number of nitrogens with zero attached hydrogens (tertiary/aromatic N) is 1. The zero-order valence-electron chi connectivity index (χ0n) is 10.1. The predicted molar refractivity (Wildman–Crippen MR) is 64.9 cm³/mol. The molecule has 1 aromatic carbocycles. The second-order valence-corrected chi connectivity index (χ2v) is 3.69. The van der Waals surface area contributed by atoms with Gasteiger partial charge in [-0.15, -0.1) is 0 Å². The predicted octanol–water partition coefficient (Wildman–Crippen LogP) is 0.943. The second kappa shape index (κ2) is 6.45. The third kappa shape index (κ3) is 4.72. The average Bonchev–Trinajstić information content (AvgIpc) is 2.31. The number of nitro benzene ring substituents is 1. The van der Waals surface area contributed by atoms with E-state index in [9.17, 15) is 19.7 Å². The number of ether oxygens (including phenoxy) is 1. The number of rotatable bonds is 6. The average molecular weight is 268 g/mol. The first-order valence-electron chi connectivity index (χ1n) is 5.24. The minimum atomic E-state index is -1.17. The molecule has 1 amide bonds. The van der Waals surface area contributed by atoms with E-state index in [-0.39, 0.29) is 5.69 Å². The molecule has 0 saturated carbocycles. The van der Waals surface area contributed by atoms with Gasteiger partial charge in [0.05, 0.1) is 4.92 Å². The van der Waals surface area contributed by atoms with Crippen molar-refractivity contribution >= 4 is 23.3 Å². The van der Waals surface area contributed by atoms with Crippen LogP contribution in [0.4, 0.5) is 11.4 Å². The van der Waals surface area contributed by atoms with E-state index in [0.29, 0.717) is 11.3 Å². The molecule has 0 bridgehead atoms. The Morgan fingerprint density at radius 3 is 2.63 bits per heavy atom. The molecule has 1 aromatic rings.